The van der Waals surface area contributed by atoms with E-state index in [4.69, 9.17) is 20.4 Å². The molecule has 0 heterocycles. The van der Waals surface area contributed by atoms with Crippen molar-refractivity contribution in [3.63, 3.8) is 0 Å². The van der Waals surface area contributed by atoms with Gasteiger partial charge in [-0.25, -0.2) is 9.59 Å². The van der Waals surface area contributed by atoms with Gasteiger partial charge in [0.15, 0.2) is 0 Å². The van der Waals surface area contributed by atoms with Gasteiger partial charge in [0.2, 0.25) is 0 Å². The monoisotopic (exact) mass is 326 g/mol. The van der Waals surface area contributed by atoms with Gasteiger partial charge in [0.1, 0.15) is 5.78 Å². The second kappa shape index (κ2) is 12.3. The molecule has 0 radical (unpaired) electrons. The van der Waals surface area contributed by atoms with Crippen LogP contribution >= 0.6 is 0 Å². The van der Waals surface area contributed by atoms with E-state index in [2.05, 4.69) is 0 Å². The quantitative estimate of drug-likeness (QED) is 0.662. The number of carbonyl (C=O) groups excluding carboxylic acids is 1. The first-order valence-corrected chi connectivity index (χ1v) is 7.22. The van der Waals surface area contributed by atoms with Crippen LogP contribution in [0.2, 0.25) is 0 Å². The Bertz CT molecular complexity index is 451. The van der Waals surface area contributed by atoms with Gasteiger partial charge in [-0.1, -0.05) is 6.42 Å². The molecule has 128 valence electrons. The summed E-state index contributed by atoms with van der Waals surface area (Å²) in [6.45, 7) is -0.250. The van der Waals surface area contributed by atoms with Crippen molar-refractivity contribution >= 4 is 17.7 Å². The minimum Gasteiger partial charge on any atom is -0.478 e. The Kier molecular flexibility index (Phi) is 11.1. The van der Waals surface area contributed by atoms with Crippen molar-refractivity contribution in [3.8, 4) is 0 Å². The summed E-state index contributed by atoms with van der Waals surface area (Å²) >= 11 is 0. The van der Waals surface area contributed by atoms with Crippen molar-refractivity contribution in [2.75, 3.05) is 13.2 Å². The van der Waals surface area contributed by atoms with Gasteiger partial charge in [0.05, 0.1) is 24.3 Å². The van der Waals surface area contributed by atoms with E-state index in [-0.39, 0.29) is 24.3 Å². The number of benzene rings is 1. The molecule has 1 aliphatic carbocycles. The molecule has 7 nitrogen and oxygen atoms in total. The molecular weight excluding hydrogens is 304 g/mol. The highest BCUT2D eigenvalue weighted by atomic mass is 16.4. The Morgan fingerprint density at radius 3 is 1.30 bits per heavy atom. The number of aliphatic hydroxyl groups is 2. The topological polar surface area (TPSA) is 132 Å². The molecule has 0 amide bonds. The zero-order chi connectivity index (χ0) is 17.7. The van der Waals surface area contributed by atoms with E-state index >= 15 is 0 Å². The van der Waals surface area contributed by atoms with E-state index in [0.29, 0.717) is 5.78 Å². The lowest BCUT2D eigenvalue weighted by Crippen LogP contribution is -2.02. The van der Waals surface area contributed by atoms with Crippen molar-refractivity contribution in [3.05, 3.63) is 35.4 Å². The average Bonchev–Trinajstić information content (AvgIpc) is 2.56. The lowest BCUT2D eigenvalue weighted by Gasteiger charge is -2.05. The third-order valence-corrected chi connectivity index (χ3v) is 2.89. The average molecular weight is 326 g/mol. The summed E-state index contributed by atoms with van der Waals surface area (Å²) < 4.78 is 0. The van der Waals surface area contributed by atoms with Crippen LogP contribution in [-0.2, 0) is 4.79 Å². The van der Waals surface area contributed by atoms with Gasteiger partial charge in [-0.2, -0.15) is 0 Å². The molecule has 0 aliphatic heterocycles. The number of hydrogen-bond acceptors (Lipinski definition) is 5. The number of carboxylic acid groups (broad SMARTS) is 2. The Balaban J connectivity index is 0.000000371. The third kappa shape index (κ3) is 10.2. The summed E-state index contributed by atoms with van der Waals surface area (Å²) in [5, 5.41) is 32.2. The van der Waals surface area contributed by atoms with Crippen LogP contribution in [0.5, 0.6) is 0 Å². The SMILES string of the molecule is O=C(O)c1ccc(C(=O)O)cc1.O=C1CCCCC1.OCCO. The van der Waals surface area contributed by atoms with Crippen LogP contribution in [0.1, 0.15) is 52.8 Å². The highest BCUT2D eigenvalue weighted by Crippen LogP contribution is 2.12. The number of rotatable bonds is 3. The second-order valence-corrected chi connectivity index (χ2v) is 4.73. The first kappa shape index (κ1) is 20.8. The Morgan fingerprint density at radius 2 is 1.13 bits per heavy atom. The van der Waals surface area contributed by atoms with Crippen molar-refractivity contribution in [2.24, 2.45) is 0 Å². The van der Waals surface area contributed by atoms with Crippen LogP contribution in [0.25, 0.3) is 0 Å². The summed E-state index contributed by atoms with van der Waals surface area (Å²) in [5.74, 6) is -1.66. The maximum absolute atomic E-state index is 10.5. The van der Waals surface area contributed by atoms with Crippen LogP contribution in [0.4, 0.5) is 0 Å². The molecule has 4 N–H and O–H groups in total. The normalized spacial score (nSPS) is 13.0. The van der Waals surface area contributed by atoms with E-state index in [1.165, 1.54) is 30.7 Å². The summed E-state index contributed by atoms with van der Waals surface area (Å²) in [4.78, 5) is 31.1. The lowest BCUT2D eigenvalue weighted by atomic mass is 10.00. The maximum Gasteiger partial charge on any atom is 0.335 e. The number of aromatic carboxylic acids is 2. The van der Waals surface area contributed by atoms with E-state index in [0.717, 1.165) is 25.7 Å². The number of aliphatic hydroxyl groups excluding tert-OH is 2. The minimum atomic E-state index is -1.06. The fourth-order valence-corrected chi connectivity index (χ4v) is 1.70. The first-order valence-electron chi connectivity index (χ1n) is 7.22. The van der Waals surface area contributed by atoms with Crippen LogP contribution in [0, 0.1) is 0 Å². The maximum atomic E-state index is 10.5. The molecule has 1 aromatic carbocycles. The van der Waals surface area contributed by atoms with Crippen molar-refractivity contribution in [1.82, 2.24) is 0 Å². The van der Waals surface area contributed by atoms with Gasteiger partial charge in [-0.05, 0) is 37.1 Å². The molecule has 0 bridgehead atoms. The number of carbonyl (C=O) groups is 3. The molecule has 2 rings (SSSR count). The van der Waals surface area contributed by atoms with Gasteiger partial charge >= 0.3 is 11.9 Å². The van der Waals surface area contributed by atoms with E-state index in [1.807, 2.05) is 0 Å². The lowest BCUT2D eigenvalue weighted by molar-refractivity contribution is -0.120. The van der Waals surface area contributed by atoms with Crippen LogP contribution < -0.4 is 0 Å². The fraction of sp³-hybridized carbons (Fsp3) is 0.438. The molecule has 1 saturated carbocycles. The molecule has 1 fully saturated rings. The van der Waals surface area contributed by atoms with Gasteiger partial charge < -0.3 is 20.4 Å². The zero-order valence-electron chi connectivity index (χ0n) is 12.8. The Labute approximate surface area is 134 Å². The van der Waals surface area contributed by atoms with Crippen LogP contribution in [0.15, 0.2) is 24.3 Å². The molecule has 1 aliphatic rings. The molecule has 0 unspecified atom stereocenters. The number of Topliss-reactive ketones (excluding diaryl/α,β-unsaturated/α-hetero) is 1. The smallest absolute Gasteiger partial charge is 0.335 e. The summed E-state index contributed by atoms with van der Waals surface area (Å²) in [5.41, 5.74) is 0.167. The second-order valence-electron chi connectivity index (χ2n) is 4.73. The predicted molar refractivity (Wildman–Crippen MR) is 82.6 cm³/mol. The van der Waals surface area contributed by atoms with Gasteiger partial charge in [0, 0.05) is 12.8 Å². The molecular formula is C16H22O7. The number of carboxylic acids is 2. The van der Waals surface area contributed by atoms with Crippen molar-refractivity contribution in [2.45, 2.75) is 32.1 Å². The molecule has 0 spiro atoms. The fourth-order valence-electron chi connectivity index (χ4n) is 1.70. The Morgan fingerprint density at radius 1 is 0.783 bits per heavy atom. The molecule has 1 aromatic rings. The van der Waals surface area contributed by atoms with E-state index < -0.39 is 11.9 Å². The highest BCUT2D eigenvalue weighted by Gasteiger charge is 2.06. The van der Waals surface area contributed by atoms with E-state index in [9.17, 15) is 14.4 Å². The minimum absolute atomic E-state index is 0.0833. The van der Waals surface area contributed by atoms with E-state index in [1.54, 1.807) is 0 Å². The van der Waals surface area contributed by atoms with Crippen LogP contribution in [0.3, 0.4) is 0 Å². The number of hydrogen-bond donors (Lipinski definition) is 4. The van der Waals surface area contributed by atoms with Gasteiger partial charge in [-0.3, -0.25) is 4.79 Å². The number of ketones is 1. The molecule has 0 atom stereocenters. The summed E-state index contributed by atoms with van der Waals surface area (Å²) in [7, 11) is 0. The Hall–Kier alpha value is -2.25. The van der Waals surface area contributed by atoms with Crippen molar-refractivity contribution in [1.29, 1.82) is 0 Å². The largest absolute Gasteiger partial charge is 0.478 e. The molecule has 7 heteroatoms. The highest BCUT2D eigenvalue weighted by molar-refractivity contribution is 5.91. The standard InChI is InChI=1S/C8H6O4.C6H10O.C2H6O2/c9-7(10)5-1-2-6(4-3-5)8(11)12;7-6-4-2-1-3-5-6;3-1-2-4/h1-4H,(H,9,10)(H,11,12);1-5H2;3-4H,1-2H2. The molecule has 0 saturated heterocycles. The zero-order valence-corrected chi connectivity index (χ0v) is 12.8. The first-order chi connectivity index (χ1) is 10.9. The van der Waals surface area contributed by atoms with Gasteiger partial charge in [0.25, 0.3) is 0 Å². The summed E-state index contributed by atoms with van der Waals surface area (Å²) in [6, 6.07) is 5.02. The summed E-state index contributed by atoms with van der Waals surface area (Å²) in [6.07, 6.45) is 5.24. The third-order valence-electron chi connectivity index (χ3n) is 2.89. The molecule has 23 heavy (non-hydrogen) atoms. The van der Waals surface area contributed by atoms with Crippen LogP contribution in [-0.4, -0.2) is 51.4 Å². The molecule has 0 aromatic heterocycles. The van der Waals surface area contributed by atoms with Gasteiger partial charge in [-0.15, -0.1) is 0 Å². The predicted octanol–water partition coefficient (Wildman–Crippen LogP) is 1.57. The van der Waals surface area contributed by atoms with Crippen molar-refractivity contribution < 1.29 is 34.8 Å².